The van der Waals surface area contributed by atoms with Crippen LogP contribution in [0.15, 0.2) is 24.3 Å². The summed E-state index contributed by atoms with van der Waals surface area (Å²) in [5.41, 5.74) is -0.499. The number of nitrogens with one attached hydrogen (secondary N) is 2. The van der Waals surface area contributed by atoms with Crippen LogP contribution in [0.5, 0.6) is 0 Å². The maximum absolute atomic E-state index is 11.8. The summed E-state index contributed by atoms with van der Waals surface area (Å²) in [6.45, 7) is 3.74. The highest BCUT2D eigenvalue weighted by Crippen LogP contribution is 2.12. The van der Waals surface area contributed by atoms with E-state index < -0.39 is 5.60 Å². The molecule has 0 fully saturated rings. The van der Waals surface area contributed by atoms with Gasteiger partial charge in [-0.25, -0.2) is 0 Å². The van der Waals surface area contributed by atoms with Gasteiger partial charge in [-0.1, -0.05) is 31.5 Å². The Morgan fingerprint density at radius 1 is 1.24 bits per heavy atom. The summed E-state index contributed by atoms with van der Waals surface area (Å²) in [7, 11) is 0. The molecule has 0 radical (unpaired) electrons. The van der Waals surface area contributed by atoms with Crippen molar-refractivity contribution in [3.63, 3.8) is 0 Å². The van der Waals surface area contributed by atoms with E-state index in [1.54, 1.807) is 18.2 Å². The highest BCUT2D eigenvalue weighted by Gasteiger charge is 2.22. The molecule has 2 amide bonds. The van der Waals surface area contributed by atoms with Gasteiger partial charge in [0.25, 0.3) is 5.91 Å². The maximum atomic E-state index is 11.8. The first-order chi connectivity index (χ1) is 9.90. The lowest BCUT2D eigenvalue weighted by atomic mass is 9.98. The molecule has 5 nitrogen and oxygen atoms in total. The van der Waals surface area contributed by atoms with Gasteiger partial charge in [-0.3, -0.25) is 9.59 Å². The van der Waals surface area contributed by atoms with Crippen LogP contribution in [0.4, 0.5) is 0 Å². The maximum Gasteiger partial charge on any atom is 0.251 e. The number of hydrogen-bond donors (Lipinski definition) is 3. The smallest absolute Gasteiger partial charge is 0.251 e. The Kier molecular flexibility index (Phi) is 6.65. The molecule has 6 heteroatoms. The molecular formula is C15H21ClN2O3. The summed E-state index contributed by atoms with van der Waals surface area (Å²) >= 11 is 5.80. The van der Waals surface area contributed by atoms with E-state index in [0.29, 0.717) is 23.4 Å². The van der Waals surface area contributed by atoms with E-state index in [1.165, 1.54) is 6.07 Å². The minimum absolute atomic E-state index is 0.144. The molecule has 0 saturated heterocycles. The molecule has 0 aromatic heterocycles. The second-order valence-corrected chi connectivity index (χ2v) is 5.34. The molecule has 1 rings (SSSR count). The van der Waals surface area contributed by atoms with Crippen molar-refractivity contribution in [3.05, 3.63) is 34.9 Å². The predicted octanol–water partition coefficient (Wildman–Crippen LogP) is 1.74. The average molecular weight is 313 g/mol. The SMILES string of the molecule is CCC(O)(CC)CNC(=O)CNC(=O)c1cccc(Cl)c1. The lowest BCUT2D eigenvalue weighted by Gasteiger charge is -2.25. The molecule has 0 spiro atoms. The van der Waals surface area contributed by atoms with Crippen LogP contribution >= 0.6 is 11.6 Å². The van der Waals surface area contributed by atoms with Crippen LogP contribution in [-0.4, -0.2) is 35.6 Å². The van der Waals surface area contributed by atoms with E-state index >= 15 is 0 Å². The van der Waals surface area contributed by atoms with E-state index in [0.717, 1.165) is 0 Å². The second kappa shape index (κ2) is 8.00. The van der Waals surface area contributed by atoms with Crippen molar-refractivity contribution >= 4 is 23.4 Å². The summed E-state index contributed by atoms with van der Waals surface area (Å²) in [4.78, 5) is 23.5. The van der Waals surface area contributed by atoms with Gasteiger partial charge in [0.2, 0.25) is 5.91 Å². The minimum atomic E-state index is -0.896. The molecule has 0 unspecified atom stereocenters. The number of halogens is 1. The summed E-state index contributed by atoms with van der Waals surface area (Å²) in [5.74, 6) is -0.709. The Morgan fingerprint density at radius 3 is 2.48 bits per heavy atom. The van der Waals surface area contributed by atoms with Crippen molar-refractivity contribution in [2.75, 3.05) is 13.1 Å². The zero-order valence-corrected chi connectivity index (χ0v) is 13.0. The van der Waals surface area contributed by atoms with Crippen LogP contribution in [0.25, 0.3) is 0 Å². The molecule has 21 heavy (non-hydrogen) atoms. The molecule has 1 aromatic rings. The van der Waals surface area contributed by atoms with Crippen LogP contribution in [0.3, 0.4) is 0 Å². The first kappa shape index (κ1) is 17.5. The fraction of sp³-hybridized carbons (Fsp3) is 0.467. The van der Waals surface area contributed by atoms with Crippen molar-refractivity contribution in [1.82, 2.24) is 10.6 Å². The number of amides is 2. The quantitative estimate of drug-likeness (QED) is 0.717. The number of aliphatic hydroxyl groups is 1. The van der Waals surface area contributed by atoms with E-state index in [4.69, 9.17) is 11.6 Å². The van der Waals surface area contributed by atoms with Gasteiger partial charge in [0, 0.05) is 17.1 Å². The molecule has 116 valence electrons. The third-order valence-corrected chi connectivity index (χ3v) is 3.66. The predicted molar refractivity (Wildman–Crippen MR) is 82.3 cm³/mol. The lowest BCUT2D eigenvalue weighted by Crippen LogP contribution is -2.45. The summed E-state index contributed by atoms with van der Waals surface area (Å²) in [6.07, 6.45) is 1.11. The molecule has 1 aromatic carbocycles. The fourth-order valence-corrected chi connectivity index (χ4v) is 1.91. The molecule has 3 N–H and O–H groups in total. The third kappa shape index (κ3) is 5.73. The van der Waals surface area contributed by atoms with Crippen LogP contribution < -0.4 is 10.6 Å². The Bertz CT molecular complexity index is 501. The Labute approximate surface area is 129 Å². The number of carbonyl (C=O) groups excluding carboxylic acids is 2. The number of hydrogen-bond acceptors (Lipinski definition) is 3. The molecule has 0 heterocycles. The van der Waals surface area contributed by atoms with Crippen LogP contribution in [0.1, 0.15) is 37.0 Å². The van der Waals surface area contributed by atoms with Crippen molar-refractivity contribution in [1.29, 1.82) is 0 Å². The zero-order valence-electron chi connectivity index (χ0n) is 12.3. The van der Waals surface area contributed by atoms with Gasteiger partial charge in [-0.05, 0) is 31.0 Å². The monoisotopic (exact) mass is 312 g/mol. The van der Waals surface area contributed by atoms with Gasteiger partial charge in [0.05, 0.1) is 12.1 Å². The van der Waals surface area contributed by atoms with E-state index in [-0.39, 0.29) is 24.9 Å². The van der Waals surface area contributed by atoms with Crippen LogP contribution in [0.2, 0.25) is 5.02 Å². The van der Waals surface area contributed by atoms with Crippen molar-refractivity contribution < 1.29 is 14.7 Å². The lowest BCUT2D eigenvalue weighted by molar-refractivity contribution is -0.121. The molecular weight excluding hydrogens is 292 g/mol. The zero-order chi connectivity index (χ0) is 15.9. The Balaban J connectivity index is 2.41. The number of rotatable bonds is 7. The van der Waals surface area contributed by atoms with Gasteiger partial charge in [-0.2, -0.15) is 0 Å². The molecule has 0 aliphatic heterocycles. The van der Waals surface area contributed by atoms with Gasteiger partial charge < -0.3 is 15.7 Å². The van der Waals surface area contributed by atoms with Crippen LogP contribution in [-0.2, 0) is 4.79 Å². The topological polar surface area (TPSA) is 78.4 Å². The van der Waals surface area contributed by atoms with Crippen molar-refractivity contribution in [3.8, 4) is 0 Å². The first-order valence-electron chi connectivity index (χ1n) is 6.93. The molecule has 0 bridgehead atoms. The van der Waals surface area contributed by atoms with Gasteiger partial charge in [-0.15, -0.1) is 0 Å². The van der Waals surface area contributed by atoms with Gasteiger partial charge >= 0.3 is 0 Å². The average Bonchev–Trinajstić information content (AvgIpc) is 2.50. The van der Waals surface area contributed by atoms with E-state index in [1.807, 2.05) is 13.8 Å². The normalized spacial score (nSPS) is 11.0. The summed E-state index contributed by atoms with van der Waals surface area (Å²) in [6, 6.07) is 6.48. The summed E-state index contributed by atoms with van der Waals surface area (Å²) in [5, 5.41) is 15.6. The highest BCUT2D eigenvalue weighted by molar-refractivity contribution is 6.30. The van der Waals surface area contributed by atoms with Crippen molar-refractivity contribution in [2.24, 2.45) is 0 Å². The standard InChI is InChI=1S/C15H21ClN2O3/c1-3-15(21,4-2)10-18-13(19)9-17-14(20)11-6-5-7-12(16)8-11/h5-8,21H,3-4,9-10H2,1-2H3,(H,17,20)(H,18,19). The second-order valence-electron chi connectivity index (χ2n) is 4.90. The largest absolute Gasteiger partial charge is 0.388 e. The molecule has 0 aliphatic carbocycles. The third-order valence-electron chi connectivity index (χ3n) is 3.43. The molecule has 0 aliphatic rings. The van der Waals surface area contributed by atoms with E-state index in [2.05, 4.69) is 10.6 Å². The van der Waals surface area contributed by atoms with Gasteiger partial charge in [0.15, 0.2) is 0 Å². The minimum Gasteiger partial charge on any atom is -0.388 e. The number of carbonyl (C=O) groups is 2. The molecule has 0 atom stereocenters. The highest BCUT2D eigenvalue weighted by atomic mass is 35.5. The Hall–Kier alpha value is -1.59. The van der Waals surface area contributed by atoms with Crippen molar-refractivity contribution in [2.45, 2.75) is 32.3 Å². The van der Waals surface area contributed by atoms with E-state index in [9.17, 15) is 14.7 Å². The number of benzene rings is 1. The fourth-order valence-electron chi connectivity index (χ4n) is 1.72. The van der Waals surface area contributed by atoms with Gasteiger partial charge in [0.1, 0.15) is 0 Å². The molecule has 0 saturated carbocycles. The Morgan fingerprint density at radius 2 is 1.90 bits per heavy atom. The first-order valence-corrected chi connectivity index (χ1v) is 7.31. The summed E-state index contributed by atoms with van der Waals surface area (Å²) < 4.78 is 0. The van der Waals surface area contributed by atoms with Crippen LogP contribution in [0, 0.1) is 0 Å².